The van der Waals surface area contributed by atoms with Gasteiger partial charge in [0.05, 0.1) is 0 Å². The Morgan fingerprint density at radius 1 is 1.11 bits per heavy atom. The van der Waals surface area contributed by atoms with E-state index >= 15 is 0 Å². The number of rotatable bonds is 2. The first-order valence-corrected chi connectivity index (χ1v) is 7.35. The average Bonchev–Trinajstić information content (AvgIpc) is 3.05. The van der Waals surface area contributed by atoms with E-state index in [1.807, 2.05) is 0 Å². The number of ether oxygens (including phenoxy) is 1. The molecule has 3 aliphatic rings. The van der Waals surface area contributed by atoms with Crippen molar-refractivity contribution in [2.24, 2.45) is 5.92 Å². The summed E-state index contributed by atoms with van der Waals surface area (Å²) in [5, 5.41) is 9.39. The lowest BCUT2D eigenvalue weighted by Gasteiger charge is -2.34. The molecule has 1 aliphatic carbocycles. The second-order valence-electron chi connectivity index (χ2n) is 5.95. The largest absolute Gasteiger partial charge is 0.480 e. The molecular weight excluding hydrogens is 246 g/mol. The number of carbonyl (C=O) groups is 2. The number of aliphatic carboxylic acids is 1. The number of amides is 1. The fourth-order valence-corrected chi connectivity index (χ4v) is 3.94. The minimum Gasteiger partial charge on any atom is -0.480 e. The molecule has 0 aromatic rings. The quantitative estimate of drug-likeness (QED) is 0.821. The van der Waals surface area contributed by atoms with Gasteiger partial charge in [-0.1, -0.05) is 12.8 Å². The molecule has 3 fully saturated rings. The highest BCUT2D eigenvalue weighted by atomic mass is 16.5. The van der Waals surface area contributed by atoms with Crippen molar-refractivity contribution in [2.45, 2.75) is 63.1 Å². The standard InChI is InChI=1S/C14H21NO4/c16-13(12-6-3-7-19-12)15-10-5-2-1-4-9(10)8-11(15)14(17)18/h9-12H,1-8H2,(H,17,18)/t9-,10+,11-,12-/m0/s1. The first-order valence-electron chi connectivity index (χ1n) is 7.35. The number of carbonyl (C=O) groups excluding carboxylic acids is 1. The highest BCUT2D eigenvalue weighted by Gasteiger charge is 2.49. The van der Waals surface area contributed by atoms with E-state index in [1.54, 1.807) is 4.90 Å². The fourth-order valence-electron chi connectivity index (χ4n) is 3.94. The van der Waals surface area contributed by atoms with Gasteiger partial charge in [-0.05, 0) is 38.0 Å². The fraction of sp³-hybridized carbons (Fsp3) is 0.857. The molecule has 0 bridgehead atoms. The van der Waals surface area contributed by atoms with Gasteiger partial charge in [0, 0.05) is 12.6 Å². The van der Waals surface area contributed by atoms with Crippen molar-refractivity contribution in [3.63, 3.8) is 0 Å². The first-order chi connectivity index (χ1) is 9.18. The van der Waals surface area contributed by atoms with Gasteiger partial charge in [0.15, 0.2) is 0 Å². The zero-order valence-corrected chi connectivity index (χ0v) is 11.1. The molecule has 5 heteroatoms. The van der Waals surface area contributed by atoms with Crippen LogP contribution in [0.15, 0.2) is 0 Å². The Morgan fingerprint density at radius 3 is 2.58 bits per heavy atom. The normalized spacial score (nSPS) is 38.2. The van der Waals surface area contributed by atoms with Crippen molar-refractivity contribution in [2.75, 3.05) is 6.61 Å². The Bertz CT molecular complexity index is 378. The zero-order chi connectivity index (χ0) is 13.4. The molecular formula is C14H21NO4. The zero-order valence-electron chi connectivity index (χ0n) is 11.1. The van der Waals surface area contributed by atoms with Crippen LogP contribution in [-0.4, -0.2) is 46.7 Å². The molecule has 0 spiro atoms. The van der Waals surface area contributed by atoms with Crippen LogP contribution in [0.5, 0.6) is 0 Å². The van der Waals surface area contributed by atoms with E-state index in [4.69, 9.17) is 4.74 Å². The maximum Gasteiger partial charge on any atom is 0.326 e. The van der Waals surface area contributed by atoms with Crippen LogP contribution >= 0.6 is 0 Å². The van der Waals surface area contributed by atoms with Gasteiger partial charge >= 0.3 is 5.97 Å². The van der Waals surface area contributed by atoms with Gasteiger partial charge in [0.25, 0.3) is 5.91 Å². The van der Waals surface area contributed by atoms with Crippen LogP contribution in [-0.2, 0) is 14.3 Å². The van der Waals surface area contributed by atoms with Crippen LogP contribution in [0.2, 0.25) is 0 Å². The number of carboxylic acid groups (broad SMARTS) is 1. The number of nitrogens with zero attached hydrogens (tertiary/aromatic N) is 1. The Balaban J connectivity index is 1.81. The lowest BCUT2D eigenvalue weighted by atomic mass is 9.84. The lowest BCUT2D eigenvalue weighted by molar-refractivity contribution is -0.154. The van der Waals surface area contributed by atoms with E-state index in [0.29, 0.717) is 18.9 Å². The number of likely N-dealkylation sites (tertiary alicyclic amines) is 1. The van der Waals surface area contributed by atoms with Gasteiger partial charge in [0.1, 0.15) is 12.1 Å². The van der Waals surface area contributed by atoms with Crippen molar-refractivity contribution < 1.29 is 19.4 Å². The monoisotopic (exact) mass is 267 g/mol. The maximum atomic E-state index is 12.6. The van der Waals surface area contributed by atoms with Crippen LogP contribution in [0.4, 0.5) is 0 Å². The Labute approximate surface area is 112 Å². The van der Waals surface area contributed by atoms with Gasteiger partial charge < -0.3 is 14.7 Å². The predicted octanol–water partition coefficient (Wildman–Crippen LogP) is 1.41. The molecule has 19 heavy (non-hydrogen) atoms. The molecule has 0 aromatic carbocycles. The first kappa shape index (κ1) is 12.9. The van der Waals surface area contributed by atoms with Crippen LogP contribution < -0.4 is 0 Å². The lowest BCUT2D eigenvalue weighted by Crippen LogP contribution is -2.50. The van der Waals surface area contributed by atoms with E-state index in [-0.39, 0.29) is 11.9 Å². The Kier molecular flexibility index (Phi) is 3.48. The van der Waals surface area contributed by atoms with E-state index in [0.717, 1.165) is 38.5 Å². The van der Waals surface area contributed by atoms with E-state index < -0.39 is 18.1 Å². The molecule has 1 amide bonds. The minimum atomic E-state index is -0.860. The van der Waals surface area contributed by atoms with Gasteiger partial charge in [-0.2, -0.15) is 0 Å². The Hall–Kier alpha value is -1.10. The van der Waals surface area contributed by atoms with Gasteiger partial charge in [0.2, 0.25) is 0 Å². The molecule has 1 N–H and O–H groups in total. The molecule has 0 aromatic heterocycles. The van der Waals surface area contributed by atoms with Crippen molar-refractivity contribution in [3.8, 4) is 0 Å². The van der Waals surface area contributed by atoms with Gasteiger partial charge in [-0.25, -0.2) is 4.79 Å². The molecule has 1 saturated carbocycles. The molecule has 0 unspecified atom stereocenters. The number of hydrogen-bond acceptors (Lipinski definition) is 3. The molecule has 2 saturated heterocycles. The molecule has 2 heterocycles. The molecule has 5 nitrogen and oxygen atoms in total. The van der Waals surface area contributed by atoms with E-state index in [1.165, 1.54) is 0 Å². The highest BCUT2D eigenvalue weighted by Crippen LogP contribution is 2.40. The van der Waals surface area contributed by atoms with Crippen LogP contribution in [0.3, 0.4) is 0 Å². The van der Waals surface area contributed by atoms with Crippen LogP contribution in [0.1, 0.15) is 44.9 Å². The molecule has 4 atom stereocenters. The van der Waals surface area contributed by atoms with Gasteiger partial charge in [-0.15, -0.1) is 0 Å². The minimum absolute atomic E-state index is 0.0840. The molecule has 3 rings (SSSR count). The molecule has 0 radical (unpaired) electrons. The molecule has 2 aliphatic heterocycles. The third-order valence-corrected chi connectivity index (χ3v) is 4.83. The van der Waals surface area contributed by atoms with Crippen LogP contribution in [0.25, 0.3) is 0 Å². The third kappa shape index (κ3) is 2.24. The summed E-state index contributed by atoms with van der Waals surface area (Å²) >= 11 is 0. The van der Waals surface area contributed by atoms with E-state index in [2.05, 4.69) is 0 Å². The number of hydrogen-bond donors (Lipinski definition) is 1. The van der Waals surface area contributed by atoms with Crippen molar-refractivity contribution in [3.05, 3.63) is 0 Å². The highest BCUT2D eigenvalue weighted by molar-refractivity contribution is 5.87. The smallest absolute Gasteiger partial charge is 0.326 e. The topological polar surface area (TPSA) is 66.8 Å². The predicted molar refractivity (Wildman–Crippen MR) is 67.6 cm³/mol. The summed E-state index contributed by atoms with van der Waals surface area (Å²) in [6.07, 6.45) is 6.13. The van der Waals surface area contributed by atoms with Crippen LogP contribution in [0, 0.1) is 5.92 Å². The SMILES string of the molecule is O=C(O)[C@@H]1C[C@@H]2CCCC[C@H]2N1C(=O)[C@@H]1CCCO1. The summed E-state index contributed by atoms with van der Waals surface area (Å²) in [4.78, 5) is 25.6. The van der Waals surface area contributed by atoms with Crippen molar-refractivity contribution in [1.82, 2.24) is 4.90 Å². The second kappa shape index (κ2) is 5.12. The summed E-state index contributed by atoms with van der Waals surface area (Å²) in [6.45, 7) is 0.621. The van der Waals surface area contributed by atoms with Gasteiger partial charge in [-0.3, -0.25) is 4.79 Å². The molecule has 106 valence electrons. The van der Waals surface area contributed by atoms with E-state index in [9.17, 15) is 14.7 Å². The van der Waals surface area contributed by atoms with Crippen molar-refractivity contribution in [1.29, 1.82) is 0 Å². The second-order valence-corrected chi connectivity index (χ2v) is 5.95. The summed E-state index contributed by atoms with van der Waals surface area (Å²) in [5.41, 5.74) is 0. The average molecular weight is 267 g/mol. The number of carboxylic acids is 1. The summed E-state index contributed by atoms with van der Waals surface area (Å²) < 4.78 is 5.45. The summed E-state index contributed by atoms with van der Waals surface area (Å²) in [6, 6.07) is -0.503. The van der Waals surface area contributed by atoms with Crippen molar-refractivity contribution >= 4 is 11.9 Å². The number of fused-ring (bicyclic) bond motifs is 1. The summed E-state index contributed by atoms with van der Waals surface area (Å²) in [7, 11) is 0. The third-order valence-electron chi connectivity index (χ3n) is 4.83. The summed E-state index contributed by atoms with van der Waals surface area (Å²) in [5.74, 6) is -0.569. The Morgan fingerprint density at radius 2 is 1.89 bits per heavy atom. The maximum absolute atomic E-state index is 12.6.